The molecule has 174 valence electrons. The Bertz CT molecular complexity index is 998. The van der Waals surface area contributed by atoms with Gasteiger partial charge in [-0.25, -0.2) is 4.98 Å². The first-order valence-electron chi connectivity index (χ1n) is 12.1. The van der Waals surface area contributed by atoms with E-state index < -0.39 is 0 Å². The number of imidazole rings is 1. The molecule has 0 bridgehead atoms. The third-order valence-electron chi connectivity index (χ3n) is 6.22. The molecule has 2 atom stereocenters. The average Bonchev–Trinajstić information content (AvgIpc) is 3.41. The van der Waals surface area contributed by atoms with Crippen LogP contribution in [-0.2, 0) is 19.5 Å². The summed E-state index contributed by atoms with van der Waals surface area (Å²) in [6.07, 6.45) is 5.87. The molecule has 1 aliphatic rings. The Morgan fingerprint density at radius 2 is 1.73 bits per heavy atom. The zero-order chi connectivity index (χ0) is 22.9. The fourth-order valence-corrected chi connectivity index (χ4v) is 4.51. The number of likely N-dealkylation sites (tertiary alicyclic amines) is 1. The molecule has 2 aromatic carbocycles. The van der Waals surface area contributed by atoms with Crippen molar-refractivity contribution in [2.45, 2.75) is 51.9 Å². The Labute approximate surface area is 197 Å². The summed E-state index contributed by atoms with van der Waals surface area (Å²) >= 11 is 0. The molecule has 1 fully saturated rings. The molecule has 2 unspecified atom stereocenters. The van der Waals surface area contributed by atoms with Gasteiger partial charge in [-0.3, -0.25) is 9.89 Å². The van der Waals surface area contributed by atoms with E-state index in [2.05, 4.69) is 99.7 Å². The summed E-state index contributed by atoms with van der Waals surface area (Å²) in [5.74, 6) is 1.97. The second-order valence-electron chi connectivity index (χ2n) is 8.81. The molecule has 1 aliphatic heterocycles. The first kappa shape index (κ1) is 23.1. The maximum absolute atomic E-state index is 4.86. The Hall–Kier alpha value is -3.12. The second-order valence-corrected chi connectivity index (χ2v) is 8.81. The lowest BCUT2D eigenvalue weighted by molar-refractivity contribution is 0.258. The summed E-state index contributed by atoms with van der Waals surface area (Å²) in [4.78, 5) is 12.0. The van der Waals surface area contributed by atoms with Crippen molar-refractivity contribution in [1.29, 1.82) is 0 Å². The van der Waals surface area contributed by atoms with Crippen LogP contribution < -0.4 is 10.6 Å². The Balaban J connectivity index is 1.31. The molecule has 0 radical (unpaired) electrons. The Morgan fingerprint density at radius 1 is 1.03 bits per heavy atom. The smallest absolute Gasteiger partial charge is 0.191 e. The molecule has 1 aromatic heterocycles. The number of aliphatic imine (C=N–C) groups is 1. The van der Waals surface area contributed by atoms with Crippen LogP contribution in [0.5, 0.6) is 0 Å². The van der Waals surface area contributed by atoms with Crippen molar-refractivity contribution >= 4 is 5.96 Å². The highest BCUT2D eigenvalue weighted by atomic mass is 15.3. The third kappa shape index (κ3) is 6.68. The van der Waals surface area contributed by atoms with Crippen molar-refractivity contribution in [3.63, 3.8) is 0 Å². The van der Waals surface area contributed by atoms with Crippen molar-refractivity contribution in [3.8, 4) is 0 Å². The van der Waals surface area contributed by atoms with Gasteiger partial charge in [-0.15, -0.1) is 0 Å². The van der Waals surface area contributed by atoms with Crippen LogP contribution in [0.1, 0.15) is 37.2 Å². The maximum atomic E-state index is 4.86. The van der Waals surface area contributed by atoms with Gasteiger partial charge in [0.05, 0.1) is 0 Å². The number of hydrogen-bond acceptors (Lipinski definition) is 3. The van der Waals surface area contributed by atoms with E-state index in [0.29, 0.717) is 18.6 Å². The van der Waals surface area contributed by atoms with Gasteiger partial charge < -0.3 is 15.2 Å². The summed E-state index contributed by atoms with van der Waals surface area (Å²) in [5, 5.41) is 7.08. The zero-order valence-electron chi connectivity index (χ0n) is 19.8. The Kier molecular flexibility index (Phi) is 8.14. The fraction of sp³-hybridized carbons (Fsp3) is 0.407. The molecule has 1 saturated heterocycles. The van der Waals surface area contributed by atoms with Crippen molar-refractivity contribution in [2.24, 2.45) is 4.99 Å². The fourth-order valence-electron chi connectivity index (χ4n) is 4.51. The molecule has 33 heavy (non-hydrogen) atoms. The van der Waals surface area contributed by atoms with Crippen LogP contribution in [0.25, 0.3) is 0 Å². The summed E-state index contributed by atoms with van der Waals surface area (Å²) in [7, 11) is 0. The van der Waals surface area contributed by atoms with E-state index in [-0.39, 0.29) is 0 Å². The lowest BCUT2D eigenvalue weighted by Crippen LogP contribution is -2.44. The Morgan fingerprint density at radius 3 is 2.42 bits per heavy atom. The average molecular weight is 445 g/mol. The first-order chi connectivity index (χ1) is 16.2. The maximum Gasteiger partial charge on any atom is 0.191 e. The summed E-state index contributed by atoms with van der Waals surface area (Å²) in [6, 6.07) is 22.2. The van der Waals surface area contributed by atoms with Crippen molar-refractivity contribution < 1.29 is 0 Å². The van der Waals surface area contributed by atoms with E-state index in [0.717, 1.165) is 50.8 Å². The largest absolute Gasteiger partial charge is 0.357 e. The van der Waals surface area contributed by atoms with Crippen LogP contribution in [-0.4, -0.2) is 52.1 Å². The summed E-state index contributed by atoms with van der Waals surface area (Å²) < 4.78 is 2.21. The molecule has 3 aromatic rings. The molecule has 0 amide bonds. The molecule has 0 spiro atoms. The van der Waals surface area contributed by atoms with Crippen molar-refractivity contribution in [2.75, 3.05) is 19.6 Å². The first-order valence-corrected chi connectivity index (χ1v) is 12.1. The van der Waals surface area contributed by atoms with Gasteiger partial charge in [0.15, 0.2) is 5.96 Å². The third-order valence-corrected chi connectivity index (χ3v) is 6.22. The molecule has 2 heterocycles. The van der Waals surface area contributed by atoms with E-state index in [1.807, 2.05) is 12.3 Å². The molecular weight excluding hydrogens is 408 g/mol. The van der Waals surface area contributed by atoms with Gasteiger partial charge in [0.2, 0.25) is 0 Å². The second kappa shape index (κ2) is 11.7. The van der Waals surface area contributed by atoms with E-state index in [4.69, 9.17) is 4.99 Å². The molecule has 6 heteroatoms. The molecule has 0 aliphatic carbocycles. The molecule has 2 N–H and O–H groups in total. The van der Waals surface area contributed by atoms with E-state index in [9.17, 15) is 0 Å². The van der Waals surface area contributed by atoms with Crippen molar-refractivity contribution in [3.05, 3.63) is 90.0 Å². The van der Waals surface area contributed by atoms with Crippen LogP contribution in [0, 0.1) is 0 Å². The van der Waals surface area contributed by atoms with Crippen LogP contribution >= 0.6 is 0 Å². The monoisotopic (exact) mass is 444 g/mol. The van der Waals surface area contributed by atoms with E-state index in [1.54, 1.807) is 0 Å². The van der Waals surface area contributed by atoms with Crippen LogP contribution in [0.15, 0.2) is 78.0 Å². The highest BCUT2D eigenvalue weighted by Gasteiger charge is 2.29. The standard InChI is InChI=1S/C27H36N6/c1-3-28-27(31-25-18-22(2)33(21-25)20-24-12-8-5-9-13-24)30-15-14-26-29-16-17-32(26)19-23-10-6-4-7-11-23/h4-13,16-17,22,25H,3,14-15,18-21H2,1-2H3,(H2,28,30,31). The summed E-state index contributed by atoms with van der Waals surface area (Å²) in [6.45, 7) is 8.86. The number of nitrogens with one attached hydrogen (secondary N) is 2. The van der Waals surface area contributed by atoms with Gasteiger partial charge in [0.1, 0.15) is 5.82 Å². The molecule has 6 nitrogen and oxygen atoms in total. The molecule has 0 saturated carbocycles. The highest BCUT2D eigenvalue weighted by molar-refractivity contribution is 5.80. The van der Waals surface area contributed by atoms with Gasteiger partial charge in [0.25, 0.3) is 0 Å². The van der Waals surface area contributed by atoms with Gasteiger partial charge >= 0.3 is 0 Å². The van der Waals surface area contributed by atoms with Gasteiger partial charge in [0, 0.05) is 63.6 Å². The lowest BCUT2D eigenvalue weighted by atomic mass is 10.2. The number of aromatic nitrogens is 2. The van der Waals surface area contributed by atoms with E-state index >= 15 is 0 Å². The van der Waals surface area contributed by atoms with Crippen LogP contribution in [0.4, 0.5) is 0 Å². The van der Waals surface area contributed by atoms with Crippen molar-refractivity contribution in [1.82, 2.24) is 25.1 Å². The predicted molar refractivity (Wildman–Crippen MR) is 135 cm³/mol. The SMILES string of the molecule is CCNC(=NCCc1nccn1Cc1ccccc1)NC1CC(C)N(Cc2ccccc2)C1. The number of nitrogens with zero attached hydrogens (tertiary/aromatic N) is 4. The topological polar surface area (TPSA) is 57.5 Å². The van der Waals surface area contributed by atoms with E-state index in [1.165, 1.54) is 11.1 Å². The van der Waals surface area contributed by atoms with Crippen LogP contribution in [0.3, 0.4) is 0 Å². The normalized spacial score (nSPS) is 19.0. The van der Waals surface area contributed by atoms with Gasteiger partial charge in [-0.1, -0.05) is 60.7 Å². The quantitative estimate of drug-likeness (QED) is 0.390. The minimum atomic E-state index is 0.404. The summed E-state index contributed by atoms with van der Waals surface area (Å²) in [5.41, 5.74) is 2.65. The lowest BCUT2D eigenvalue weighted by Gasteiger charge is -2.21. The van der Waals surface area contributed by atoms with Gasteiger partial charge in [-0.2, -0.15) is 0 Å². The minimum absolute atomic E-state index is 0.404. The van der Waals surface area contributed by atoms with Gasteiger partial charge in [-0.05, 0) is 31.4 Å². The predicted octanol–water partition coefficient (Wildman–Crippen LogP) is 3.69. The highest BCUT2D eigenvalue weighted by Crippen LogP contribution is 2.20. The molecular formula is C27H36N6. The number of hydrogen-bond donors (Lipinski definition) is 2. The zero-order valence-corrected chi connectivity index (χ0v) is 19.8. The number of guanidine groups is 1. The minimum Gasteiger partial charge on any atom is -0.357 e. The number of benzene rings is 2. The van der Waals surface area contributed by atoms with Crippen LogP contribution in [0.2, 0.25) is 0 Å². The number of rotatable bonds is 9. The molecule has 4 rings (SSSR count).